The Bertz CT molecular complexity index is 678. The van der Waals surface area contributed by atoms with Gasteiger partial charge in [-0.3, -0.25) is 4.90 Å². The summed E-state index contributed by atoms with van der Waals surface area (Å²) in [4.78, 5) is 6.98. The molecule has 1 fully saturated rings. The number of nitrogens with zero attached hydrogens (tertiary/aromatic N) is 3. The summed E-state index contributed by atoms with van der Waals surface area (Å²) in [5, 5.41) is 10.7. The SMILES string of the molecule is CCNC(=NCc1ccon1)NC1CCN(Cc2ccc(F)cc2)CC1. The molecular weight excluding hydrogens is 333 g/mol. The number of aromatic nitrogens is 1. The van der Waals surface area contributed by atoms with Crippen molar-refractivity contribution in [1.29, 1.82) is 0 Å². The molecule has 140 valence electrons. The summed E-state index contributed by atoms with van der Waals surface area (Å²) in [6.07, 6.45) is 3.66. The Balaban J connectivity index is 1.46. The van der Waals surface area contributed by atoms with Crippen LogP contribution in [0.5, 0.6) is 0 Å². The zero-order valence-electron chi connectivity index (χ0n) is 15.1. The van der Waals surface area contributed by atoms with Crippen LogP contribution in [0.1, 0.15) is 31.0 Å². The quantitative estimate of drug-likeness (QED) is 0.613. The number of halogens is 1. The van der Waals surface area contributed by atoms with Gasteiger partial charge in [-0.05, 0) is 37.5 Å². The van der Waals surface area contributed by atoms with Crippen LogP contribution in [0.3, 0.4) is 0 Å². The van der Waals surface area contributed by atoms with Crippen molar-refractivity contribution < 1.29 is 8.91 Å². The first-order valence-corrected chi connectivity index (χ1v) is 9.14. The molecule has 2 N–H and O–H groups in total. The van der Waals surface area contributed by atoms with Crippen LogP contribution >= 0.6 is 0 Å². The van der Waals surface area contributed by atoms with E-state index in [4.69, 9.17) is 4.52 Å². The molecule has 0 amide bonds. The van der Waals surface area contributed by atoms with Gasteiger partial charge in [0.1, 0.15) is 17.8 Å². The molecule has 0 bridgehead atoms. The lowest BCUT2D eigenvalue weighted by molar-refractivity contribution is 0.198. The van der Waals surface area contributed by atoms with E-state index in [1.54, 1.807) is 6.26 Å². The van der Waals surface area contributed by atoms with Crippen LogP contribution in [0, 0.1) is 5.82 Å². The fraction of sp³-hybridized carbons (Fsp3) is 0.474. The minimum absolute atomic E-state index is 0.183. The molecule has 0 aliphatic carbocycles. The third-order valence-corrected chi connectivity index (χ3v) is 4.48. The number of rotatable bonds is 6. The van der Waals surface area contributed by atoms with Gasteiger partial charge in [0.05, 0.1) is 6.54 Å². The third-order valence-electron chi connectivity index (χ3n) is 4.48. The minimum atomic E-state index is -0.183. The molecule has 1 aliphatic rings. The maximum absolute atomic E-state index is 13.0. The van der Waals surface area contributed by atoms with Crippen LogP contribution in [0.4, 0.5) is 4.39 Å². The average Bonchev–Trinajstić information content (AvgIpc) is 3.17. The van der Waals surface area contributed by atoms with Crippen molar-refractivity contribution in [3.63, 3.8) is 0 Å². The molecule has 1 saturated heterocycles. The van der Waals surface area contributed by atoms with Gasteiger partial charge in [-0.1, -0.05) is 17.3 Å². The third kappa shape index (κ3) is 5.56. The highest BCUT2D eigenvalue weighted by molar-refractivity contribution is 5.80. The van der Waals surface area contributed by atoms with E-state index in [1.165, 1.54) is 12.1 Å². The number of aliphatic imine (C=N–C) groups is 1. The molecule has 0 atom stereocenters. The molecule has 1 aromatic carbocycles. The maximum Gasteiger partial charge on any atom is 0.191 e. The Morgan fingerprint density at radius 1 is 1.27 bits per heavy atom. The minimum Gasteiger partial charge on any atom is -0.364 e. The molecule has 2 heterocycles. The Morgan fingerprint density at radius 2 is 2.04 bits per heavy atom. The molecule has 7 heteroatoms. The average molecular weight is 359 g/mol. The number of hydrogen-bond donors (Lipinski definition) is 2. The van der Waals surface area contributed by atoms with Gasteiger partial charge in [0.15, 0.2) is 5.96 Å². The molecule has 1 aromatic heterocycles. The van der Waals surface area contributed by atoms with E-state index in [9.17, 15) is 4.39 Å². The summed E-state index contributed by atoms with van der Waals surface area (Å²) < 4.78 is 17.8. The monoisotopic (exact) mass is 359 g/mol. The fourth-order valence-electron chi connectivity index (χ4n) is 3.08. The van der Waals surface area contributed by atoms with Crippen LogP contribution in [0.25, 0.3) is 0 Å². The van der Waals surface area contributed by atoms with Crippen molar-refractivity contribution in [3.8, 4) is 0 Å². The Morgan fingerprint density at radius 3 is 2.69 bits per heavy atom. The largest absolute Gasteiger partial charge is 0.364 e. The van der Waals surface area contributed by atoms with Gasteiger partial charge in [-0.25, -0.2) is 9.38 Å². The second-order valence-electron chi connectivity index (χ2n) is 6.51. The zero-order chi connectivity index (χ0) is 18.2. The van der Waals surface area contributed by atoms with Crippen LogP contribution < -0.4 is 10.6 Å². The molecule has 0 spiro atoms. The van der Waals surface area contributed by atoms with E-state index in [0.29, 0.717) is 12.6 Å². The zero-order valence-corrected chi connectivity index (χ0v) is 15.1. The van der Waals surface area contributed by atoms with Crippen LogP contribution in [-0.4, -0.2) is 41.7 Å². The first-order chi connectivity index (χ1) is 12.7. The van der Waals surface area contributed by atoms with E-state index in [2.05, 4.69) is 32.6 Å². The van der Waals surface area contributed by atoms with E-state index >= 15 is 0 Å². The number of hydrogen-bond acceptors (Lipinski definition) is 4. The second kappa shape index (κ2) is 9.33. The number of benzene rings is 1. The lowest BCUT2D eigenvalue weighted by Crippen LogP contribution is -2.48. The Hall–Kier alpha value is -2.41. The van der Waals surface area contributed by atoms with Gasteiger partial charge in [-0.2, -0.15) is 0 Å². The number of likely N-dealkylation sites (tertiary alicyclic amines) is 1. The standard InChI is InChI=1S/C19H26FN5O/c1-2-21-19(22-13-18-9-12-26-24-18)23-17-7-10-25(11-8-17)14-15-3-5-16(20)6-4-15/h3-6,9,12,17H,2,7-8,10-11,13-14H2,1H3,(H2,21,22,23). The van der Waals surface area contributed by atoms with Crippen LogP contribution in [0.15, 0.2) is 46.1 Å². The van der Waals surface area contributed by atoms with E-state index in [1.807, 2.05) is 18.2 Å². The summed E-state index contributed by atoms with van der Waals surface area (Å²) >= 11 is 0. The summed E-state index contributed by atoms with van der Waals surface area (Å²) in [5.74, 6) is 0.630. The highest BCUT2D eigenvalue weighted by Crippen LogP contribution is 2.14. The predicted molar refractivity (Wildman–Crippen MR) is 99.2 cm³/mol. The van der Waals surface area contributed by atoms with E-state index < -0.39 is 0 Å². The summed E-state index contributed by atoms with van der Waals surface area (Å²) in [6, 6.07) is 8.99. The normalized spacial score (nSPS) is 16.6. The van der Waals surface area contributed by atoms with Crippen molar-refractivity contribution >= 4 is 5.96 Å². The molecular formula is C19H26FN5O. The highest BCUT2D eigenvalue weighted by atomic mass is 19.1. The summed E-state index contributed by atoms with van der Waals surface area (Å²) in [7, 11) is 0. The lowest BCUT2D eigenvalue weighted by atomic mass is 10.0. The fourth-order valence-corrected chi connectivity index (χ4v) is 3.08. The van der Waals surface area contributed by atoms with E-state index in [0.717, 1.165) is 56.2 Å². The van der Waals surface area contributed by atoms with Gasteiger partial charge in [0, 0.05) is 38.3 Å². The molecule has 2 aromatic rings. The van der Waals surface area contributed by atoms with Crippen molar-refractivity contribution in [2.24, 2.45) is 4.99 Å². The molecule has 26 heavy (non-hydrogen) atoms. The smallest absolute Gasteiger partial charge is 0.191 e. The van der Waals surface area contributed by atoms with E-state index in [-0.39, 0.29) is 5.82 Å². The molecule has 0 unspecified atom stereocenters. The molecule has 3 rings (SSSR count). The van der Waals surface area contributed by atoms with Crippen LogP contribution in [0.2, 0.25) is 0 Å². The maximum atomic E-state index is 13.0. The molecule has 6 nitrogen and oxygen atoms in total. The number of piperidine rings is 1. The van der Waals surface area contributed by atoms with Crippen LogP contribution in [-0.2, 0) is 13.1 Å². The first kappa shape index (κ1) is 18.4. The van der Waals surface area contributed by atoms with Crippen molar-refractivity contribution in [1.82, 2.24) is 20.7 Å². The van der Waals surface area contributed by atoms with Gasteiger partial charge < -0.3 is 15.2 Å². The number of nitrogens with one attached hydrogen (secondary N) is 2. The first-order valence-electron chi connectivity index (χ1n) is 9.14. The van der Waals surface area contributed by atoms with Crippen molar-refractivity contribution in [2.75, 3.05) is 19.6 Å². The lowest BCUT2D eigenvalue weighted by Gasteiger charge is -2.33. The Kier molecular flexibility index (Phi) is 6.60. The molecule has 0 radical (unpaired) electrons. The van der Waals surface area contributed by atoms with Crippen molar-refractivity contribution in [2.45, 2.75) is 38.9 Å². The van der Waals surface area contributed by atoms with Gasteiger partial charge in [-0.15, -0.1) is 0 Å². The Labute approximate surface area is 153 Å². The summed E-state index contributed by atoms with van der Waals surface area (Å²) in [5.41, 5.74) is 1.97. The second-order valence-corrected chi connectivity index (χ2v) is 6.51. The number of guanidine groups is 1. The predicted octanol–water partition coefficient (Wildman–Crippen LogP) is 2.53. The topological polar surface area (TPSA) is 65.7 Å². The van der Waals surface area contributed by atoms with Gasteiger partial charge in [0.25, 0.3) is 0 Å². The summed E-state index contributed by atoms with van der Waals surface area (Å²) in [6.45, 7) is 6.25. The molecule has 1 aliphatic heterocycles. The van der Waals surface area contributed by atoms with Gasteiger partial charge >= 0.3 is 0 Å². The van der Waals surface area contributed by atoms with Crippen molar-refractivity contribution in [3.05, 3.63) is 53.7 Å². The highest BCUT2D eigenvalue weighted by Gasteiger charge is 2.20. The molecule has 0 saturated carbocycles. The van der Waals surface area contributed by atoms with Gasteiger partial charge in [0.2, 0.25) is 0 Å².